The van der Waals surface area contributed by atoms with E-state index in [1.807, 2.05) is 0 Å². The van der Waals surface area contributed by atoms with Crippen molar-refractivity contribution in [3.8, 4) is 0 Å². The summed E-state index contributed by atoms with van der Waals surface area (Å²) in [5.41, 5.74) is 0.723. The van der Waals surface area contributed by atoms with Gasteiger partial charge in [0.05, 0.1) is 25.6 Å². The molecule has 140 valence electrons. The Bertz CT molecular complexity index is 833. The van der Waals surface area contributed by atoms with Gasteiger partial charge in [-0.1, -0.05) is 18.2 Å². The monoisotopic (exact) mass is 380 g/mol. The fourth-order valence-corrected chi connectivity index (χ4v) is 3.07. The van der Waals surface area contributed by atoms with Crippen molar-refractivity contribution in [1.82, 2.24) is 9.21 Å². The van der Waals surface area contributed by atoms with Crippen LogP contribution in [0.5, 0.6) is 0 Å². The van der Waals surface area contributed by atoms with E-state index < -0.39 is 15.9 Å². The number of amides is 1. The highest BCUT2D eigenvalue weighted by atomic mass is 32.2. The first kappa shape index (κ1) is 19.9. The second kappa shape index (κ2) is 8.77. The lowest BCUT2D eigenvalue weighted by Gasteiger charge is -2.25. The third kappa shape index (κ3) is 5.82. The third-order valence-corrected chi connectivity index (χ3v) is 4.90. The molecule has 0 atom stereocenters. The molecule has 0 aliphatic heterocycles. The molecule has 0 bridgehead atoms. The van der Waals surface area contributed by atoms with E-state index in [4.69, 9.17) is 4.42 Å². The molecule has 8 heteroatoms. The molecule has 0 aliphatic carbocycles. The van der Waals surface area contributed by atoms with Gasteiger partial charge in [0.2, 0.25) is 15.9 Å². The summed E-state index contributed by atoms with van der Waals surface area (Å²) in [6.45, 7) is 3.62. The predicted octanol–water partition coefficient (Wildman–Crippen LogP) is 2.40. The number of hydrogen-bond donors (Lipinski definition) is 0. The Balaban J connectivity index is 2.19. The summed E-state index contributed by atoms with van der Waals surface area (Å²) in [7, 11) is -3.55. The highest BCUT2D eigenvalue weighted by molar-refractivity contribution is 7.88. The summed E-state index contributed by atoms with van der Waals surface area (Å²) in [6, 6.07) is 9.21. The predicted molar refractivity (Wildman–Crippen MR) is 96.0 cm³/mol. The molecule has 2 rings (SSSR count). The molecule has 0 N–H and O–H groups in total. The van der Waals surface area contributed by atoms with Crippen LogP contribution in [0.4, 0.5) is 4.39 Å². The highest BCUT2D eigenvalue weighted by Crippen LogP contribution is 2.13. The number of hydrogen-bond acceptors (Lipinski definition) is 4. The Morgan fingerprint density at radius 3 is 2.46 bits per heavy atom. The van der Waals surface area contributed by atoms with Crippen LogP contribution in [0.25, 0.3) is 0 Å². The van der Waals surface area contributed by atoms with Gasteiger partial charge in [-0.3, -0.25) is 4.79 Å². The topological polar surface area (TPSA) is 70.8 Å². The molecule has 26 heavy (non-hydrogen) atoms. The van der Waals surface area contributed by atoms with Gasteiger partial charge in [-0.05, 0) is 29.8 Å². The van der Waals surface area contributed by atoms with Crippen molar-refractivity contribution in [1.29, 1.82) is 0 Å². The minimum atomic E-state index is -3.55. The molecular formula is C18H21FN2O4S. The number of sulfonamides is 1. The summed E-state index contributed by atoms with van der Waals surface area (Å²) in [5, 5.41) is 0. The minimum absolute atomic E-state index is 0.0374. The summed E-state index contributed by atoms with van der Waals surface area (Å²) in [4.78, 5) is 14.2. The lowest BCUT2D eigenvalue weighted by Crippen LogP contribution is -2.42. The van der Waals surface area contributed by atoms with Crippen molar-refractivity contribution in [2.45, 2.75) is 13.1 Å². The summed E-state index contributed by atoms with van der Waals surface area (Å²) in [6.07, 6.45) is 3.96. The molecular weight excluding hydrogens is 359 g/mol. The Morgan fingerprint density at radius 1 is 1.23 bits per heavy atom. The van der Waals surface area contributed by atoms with Gasteiger partial charge in [0, 0.05) is 13.1 Å². The molecule has 1 aromatic carbocycles. The molecule has 0 spiro atoms. The van der Waals surface area contributed by atoms with Crippen LogP contribution < -0.4 is 0 Å². The van der Waals surface area contributed by atoms with E-state index in [1.165, 1.54) is 29.4 Å². The van der Waals surface area contributed by atoms with Crippen LogP contribution in [0.15, 0.2) is 59.7 Å². The smallest absolute Gasteiger partial charge is 0.238 e. The Labute approximate surface area is 152 Å². The quantitative estimate of drug-likeness (QED) is 0.627. The fraction of sp³-hybridized carbons (Fsp3) is 0.278. The maximum atomic E-state index is 13.1. The number of carbonyl (C=O) groups excluding carboxylic acids is 1. The molecule has 1 heterocycles. The summed E-state index contributed by atoms with van der Waals surface area (Å²) < 4.78 is 43.1. The maximum Gasteiger partial charge on any atom is 0.238 e. The maximum absolute atomic E-state index is 13.1. The van der Waals surface area contributed by atoms with E-state index in [9.17, 15) is 17.6 Å². The van der Waals surface area contributed by atoms with E-state index in [0.29, 0.717) is 5.76 Å². The van der Waals surface area contributed by atoms with E-state index >= 15 is 0 Å². The average Bonchev–Trinajstić information content (AvgIpc) is 3.08. The van der Waals surface area contributed by atoms with Crippen molar-refractivity contribution < 1.29 is 22.0 Å². The first-order valence-electron chi connectivity index (χ1n) is 7.90. The SMILES string of the molecule is C=CCN(CC(=O)N(Cc1ccc(F)cc1)Cc1ccco1)S(C)(=O)=O. The van der Waals surface area contributed by atoms with Crippen molar-refractivity contribution in [2.24, 2.45) is 0 Å². The largest absolute Gasteiger partial charge is 0.467 e. The molecule has 0 fully saturated rings. The fourth-order valence-electron chi connectivity index (χ4n) is 2.35. The zero-order valence-electron chi connectivity index (χ0n) is 14.5. The van der Waals surface area contributed by atoms with E-state index in [0.717, 1.165) is 16.1 Å². The Morgan fingerprint density at radius 2 is 1.92 bits per heavy atom. The molecule has 1 amide bonds. The first-order valence-corrected chi connectivity index (χ1v) is 9.75. The number of benzene rings is 1. The van der Waals surface area contributed by atoms with Gasteiger partial charge >= 0.3 is 0 Å². The molecule has 0 aliphatic rings. The molecule has 0 unspecified atom stereocenters. The van der Waals surface area contributed by atoms with Crippen LogP contribution in [0, 0.1) is 5.82 Å². The number of furan rings is 1. The van der Waals surface area contributed by atoms with Gasteiger partial charge in [0.25, 0.3) is 0 Å². The van der Waals surface area contributed by atoms with Crippen LogP contribution in [0.3, 0.4) is 0 Å². The van der Waals surface area contributed by atoms with Crippen molar-refractivity contribution in [3.05, 3.63) is 72.5 Å². The molecule has 6 nitrogen and oxygen atoms in total. The molecule has 1 aromatic heterocycles. The zero-order valence-corrected chi connectivity index (χ0v) is 15.3. The number of nitrogens with zero attached hydrogens (tertiary/aromatic N) is 2. The van der Waals surface area contributed by atoms with Crippen LogP contribution in [0.2, 0.25) is 0 Å². The van der Waals surface area contributed by atoms with Gasteiger partial charge < -0.3 is 9.32 Å². The van der Waals surface area contributed by atoms with Crippen molar-refractivity contribution >= 4 is 15.9 Å². The van der Waals surface area contributed by atoms with Crippen LogP contribution in [-0.4, -0.2) is 42.9 Å². The van der Waals surface area contributed by atoms with Gasteiger partial charge in [0.1, 0.15) is 11.6 Å². The third-order valence-electron chi connectivity index (χ3n) is 3.68. The van der Waals surface area contributed by atoms with E-state index in [2.05, 4.69) is 6.58 Å². The standard InChI is InChI=1S/C18H21FN2O4S/c1-3-10-21(26(2,23)24)14-18(22)20(13-17-5-4-11-25-17)12-15-6-8-16(19)9-7-15/h3-9,11H,1,10,12-14H2,2H3. The Hall–Kier alpha value is -2.45. The van der Waals surface area contributed by atoms with E-state index in [-0.39, 0.29) is 32.0 Å². The molecule has 2 aromatic rings. The van der Waals surface area contributed by atoms with Gasteiger partial charge in [-0.2, -0.15) is 4.31 Å². The van der Waals surface area contributed by atoms with Crippen molar-refractivity contribution in [2.75, 3.05) is 19.3 Å². The molecule has 0 saturated heterocycles. The highest BCUT2D eigenvalue weighted by Gasteiger charge is 2.23. The summed E-state index contributed by atoms with van der Waals surface area (Å²) >= 11 is 0. The Kier molecular flexibility index (Phi) is 6.70. The van der Waals surface area contributed by atoms with Crippen LogP contribution in [0.1, 0.15) is 11.3 Å². The first-order chi connectivity index (χ1) is 12.3. The molecule has 0 radical (unpaired) electrons. The number of rotatable bonds is 9. The normalized spacial score (nSPS) is 11.5. The van der Waals surface area contributed by atoms with Crippen LogP contribution >= 0.6 is 0 Å². The van der Waals surface area contributed by atoms with Gasteiger partial charge in [-0.25, -0.2) is 12.8 Å². The zero-order chi connectivity index (χ0) is 19.2. The number of carbonyl (C=O) groups is 1. The summed E-state index contributed by atoms with van der Waals surface area (Å²) in [5.74, 6) is -0.194. The lowest BCUT2D eigenvalue weighted by atomic mass is 10.2. The van der Waals surface area contributed by atoms with Gasteiger partial charge in [-0.15, -0.1) is 6.58 Å². The second-order valence-electron chi connectivity index (χ2n) is 5.80. The second-order valence-corrected chi connectivity index (χ2v) is 7.78. The minimum Gasteiger partial charge on any atom is -0.467 e. The van der Waals surface area contributed by atoms with Gasteiger partial charge in [0.15, 0.2) is 0 Å². The number of halogens is 1. The lowest BCUT2D eigenvalue weighted by molar-refractivity contribution is -0.132. The van der Waals surface area contributed by atoms with Crippen molar-refractivity contribution in [3.63, 3.8) is 0 Å². The van der Waals surface area contributed by atoms with Crippen LogP contribution in [-0.2, 0) is 27.9 Å². The molecule has 0 saturated carbocycles. The van der Waals surface area contributed by atoms with E-state index in [1.54, 1.807) is 24.3 Å². The average molecular weight is 380 g/mol.